The SMILES string of the molecule is CN(c1ccc(C#N)cn1)C1CCN(Cc2ccc(C(F)(F)F)cc2)CC1. The molecule has 1 saturated heterocycles. The number of alkyl halides is 3. The van der Waals surface area contributed by atoms with Gasteiger partial charge < -0.3 is 4.90 Å². The molecule has 0 amide bonds. The minimum Gasteiger partial charge on any atom is -0.357 e. The summed E-state index contributed by atoms with van der Waals surface area (Å²) in [6.07, 6.45) is -0.801. The molecule has 1 fully saturated rings. The Hall–Kier alpha value is -2.59. The van der Waals surface area contributed by atoms with Crippen LogP contribution in [-0.4, -0.2) is 36.1 Å². The fourth-order valence-electron chi connectivity index (χ4n) is 3.37. The van der Waals surface area contributed by atoms with E-state index in [1.54, 1.807) is 24.4 Å². The highest BCUT2D eigenvalue weighted by Gasteiger charge is 2.30. The summed E-state index contributed by atoms with van der Waals surface area (Å²) in [5.74, 6) is 0.843. The molecule has 7 heteroatoms. The summed E-state index contributed by atoms with van der Waals surface area (Å²) in [7, 11) is 2.00. The Labute approximate surface area is 156 Å². The van der Waals surface area contributed by atoms with E-state index in [1.807, 2.05) is 13.1 Å². The molecule has 4 nitrogen and oxygen atoms in total. The zero-order valence-corrected chi connectivity index (χ0v) is 15.1. The van der Waals surface area contributed by atoms with Crippen molar-refractivity contribution in [3.05, 3.63) is 59.3 Å². The van der Waals surface area contributed by atoms with Crippen molar-refractivity contribution in [3.63, 3.8) is 0 Å². The molecule has 0 unspecified atom stereocenters. The van der Waals surface area contributed by atoms with Crippen LogP contribution in [0.5, 0.6) is 0 Å². The lowest BCUT2D eigenvalue weighted by molar-refractivity contribution is -0.137. The second kappa shape index (κ2) is 7.97. The first kappa shape index (κ1) is 19.2. The van der Waals surface area contributed by atoms with E-state index in [0.717, 1.165) is 49.4 Å². The van der Waals surface area contributed by atoms with E-state index in [9.17, 15) is 13.2 Å². The van der Waals surface area contributed by atoms with Gasteiger partial charge in [0, 0.05) is 38.9 Å². The van der Waals surface area contributed by atoms with Crippen LogP contribution in [0.25, 0.3) is 0 Å². The van der Waals surface area contributed by atoms with Crippen molar-refractivity contribution in [2.75, 3.05) is 25.0 Å². The van der Waals surface area contributed by atoms with E-state index >= 15 is 0 Å². The highest BCUT2D eigenvalue weighted by atomic mass is 19.4. The van der Waals surface area contributed by atoms with Crippen molar-refractivity contribution in [1.82, 2.24) is 9.88 Å². The molecule has 3 rings (SSSR count). The van der Waals surface area contributed by atoms with Crippen molar-refractivity contribution in [1.29, 1.82) is 5.26 Å². The van der Waals surface area contributed by atoms with Crippen LogP contribution in [0, 0.1) is 11.3 Å². The van der Waals surface area contributed by atoms with Gasteiger partial charge in [-0.3, -0.25) is 4.90 Å². The topological polar surface area (TPSA) is 43.2 Å². The molecule has 2 aromatic rings. The van der Waals surface area contributed by atoms with Gasteiger partial charge in [-0.15, -0.1) is 0 Å². The first-order valence-electron chi connectivity index (χ1n) is 8.84. The predicted molar refractivity (Wildman–Crippen MR) is 97.1 cm³/mol. The van der Waals surface area contributed by atoms with Crippen LogP contribution in [0.2, 0.25) is 0 Å². The number of nitriles is 1. The minimum atomic E-state index is -4.29. The maximum absolute atomic E-state index is 12.6. The van der Waals surface area contributed by atoms with Crippen LogP contribution in [0.1, 0.15) is 29.5 Å². The fourth-order valence-corrected chi connectivity index (χ4v) is 3.37. The normalized spacial score (nSPS) is 16.1. The number of aromatic nitrogens is 1. The van der Waals surface area contributed by atoms with Gasteiger partial charge >= 0.3 is 6.18 Å². The van der Waals surface area contributed by atoms with E-state index in [2.05, 4.69) is 20.9 Å². The smallest absolute Gasteiger partial charge is 0.357 e. The molecule has 0 radical (unpaired) electrons. The van der Waals surface area contributed by atoms with Gasteiger partial charge in [0.05, 0.1) is 11.1 Å². The number of anilines is 1. The van der Waals surface area contributed by atoms with Crippen LogP contribution in [0.15, 0.2) is 42.6 Å². The molecule has 0 N–H and O–H groups in total. The molecule has 0 saturated carbocycles. The third-order valence-electron chi connectivity index (χ3n) is 5.03. The summed E-state index contributed by atoms with van der Waals surface area (Å²) in [6.45, 7) is 2.42. The summed E-state index contributed by atoms with van der Waals surface area (Å²) >= 11 is 0. The monoisotopic (exact) mass is 374 g/mol. The van der Waals surface area contributed by atoms with E-state index < -0.39 is 11.7 Å². The molecule has 1 aromatic heterocycles. The molecular weight excluding hydrogens is 353 g/mol. The summed E-state index contributed by atoms with van der Waals surface area (Å²) in [5, 5.41) is 8.86. The minimum absolute atomic E-state index is 0.356. The fraction of sp³-hybridized carbons (Fsp3) is 0.400. The lowest BCUT2D eigenvalue weighted by Gasteiger charge is -2.37. The maximum atomic E-state index is 12.6. The highest BCUT2D eigenvalue weighted by molar-refractivity contribution is 5.42. The van der Waals surface area contributed by atoms with Gasteiger partial charge in [-0.1, -0.05) is 12.1 Å². The van der Waals surface area contributed by atoms with Crippen LogP contribution in [-0.2, 0) is 12.7 Å². The predicted octanol–water partition coefficient (Wildman–Crippen LogP) is 4.07. The second-order valence-corrected chi connectivity index (χ2v) is 6.83. The average Bonchev–Trinajstić information content (AvgIpc) is 2.68. The summed E-state index contributed by atoms with van der Waals surface area (Å²) in [4.78, 5) is 8.74. The van der Waals surface area contributed by atoms with Gasteiger partial charge in [-0.05, 0) is 42.7 Å². The molecule has 0 bridgehead atoms. The number of hydrogen-bond donors (Lipinski definition) is 0. The molecule has 27 heavy (non-hydrogen) atoms. The van der Waals surface area contributed by atoms with Crippen LogP contribution < -0.4 is 4.90 Å². The molecule has 1 aromatic carbocycles. The molecule has 1 aliphatic rings. The Balaban J connectivity index is 1.53. The van der Waals surface area contributed by atoms with Crippen LogP contribution >= 0.6 is 0 Å². The van der Waals surface area contributed by atoms with Crippen molar-refractivity contribution in [2.45, 2.75) is 31.6 Å². The quantitative estimate of drug-likeness (QED) is 0.809. The number of hydrogen-bond acceptors (Lipinski definition) is 4. The Kier molecular flexibility index (Phi) is 5.66. The highest BCUT2D eigenvalue weighted by Crippen LogP contribution is 2.29. The van der Waals surface area contributed by atoms with Crippen molar-refractivity contribution < 1.29 is 13.2 Å². The molecule has 142 valence electrons. The number of pyridine rings is 1. The maximum Gasteiger partial charge on any atom is 0.416 e. The van der Waals surface area contributed by atoms with E-state index in [-0.39, 0.29) is 0 Å². The molecular formula is C20H21F3N4. The average molecular weight is 374 g/mol. The van der Waals surface area contributed by atoms with Gasteiger partial charge in [0.2, 0.25) is 0 Å². The largest absolute Gasteiger partial charge is 0.416 e. The Morgan fingerprint density at radius 2 is 1.81 bits per heavy atom. The number of benzene rings is 1. The number of nitrogens with zero attached hydrogens (tertiary/aromatic N) is 4. The molecule has 0 spiro atoms. The van der Waals surface area contributed by atoms with Crippen molar-refractivity contribution in [2.24, 2.45) is 0 Å². The van der Waals surface area contributed by atoms with Crippen molar-refractivity contribution >= 4 is 5.82 Å². The molecule has 0 aliphatic carbocycles. The van der Waals surface area contributed by atoms with Gasteiger partial charge in [0.25, 0.3) is 0 Å². The Morgan fingerprint density at radius 1 is 1.15 bits per heavy atom. The summed E-state index contributed by atoms with van der Waals surface area (Å²) in [5.41, 5.74) is 0.823. The van der Waals surface area contributed by atoms with E-state index in [4.69, 9.17) is 5.26 Å². The number of rotatable bonds is 4. The zero-order chi connectivity index (χ0) is 19.4. The third-order valence-corrected chi connectivity index (χ3v) is 5.03. The van der Waals surface area contributed by atoms with Crippen LogP contribution in [0.4, 0.5) is 19.0 Å². The number of halogens is 3. The molecule has 2 heterocycles. The van der Waals surface area contributed by atoms with Gasteiger partial charge in [-0.25, -0.2) is 4.98 Å². The second-order valence-electron chi connectivity index (χ2n) is 6.83. The third kappa shape index (κ3) is 4.77. The first-order chi connectivity index (χ1) is 12.9. The molecule has 0 atom stereocenters. The number of piperidine rings is 1. The van der Waals surface area contributed by atoms with E-state index in [0.29, 0.717) is 18.2 Å². The lowest BCUT2D eigenvalue weighted by Crippen LogP contribution is -2.43. The Morgan fingerprint density at radius 3 is 2.33 bits per heavy atom. The lowest BCUT2D eigenvalue weighted by atomic mass is 10.0. The van der Waals surface area contributed by atoms with E-state index in [1.165, 1.54) is 0 Å². The van der Waals surface area contributed by atoms with Gasteiger partial charge in [-0.2, -0.15) is 18.4 Å². The summed E-state index contributed by atoms with van der Waals surface area (Å²) < 4.78 is 37.9. The Bertz CT molecular complexity index is 786. The first-order valence-corrected chi connectivity index (χ1v) is 8.84. The molecule has 1 aliphatic heterocycles. The van der Waals surface area contributed by atoms with Crippen molar-refractivity contribution in [3.8, 4) is 6.07 Å². The summed E-state index contributed by atoms with van der Waals surface area (Å²) in [6, 6.07) is 11.4. The van der Waals surface area contributed by atoms with Gasteiger partial charge in [0.15, 0.2) is 0 Å². The standard InChI is InChI=1S/C20H21F3N4/c1-26(19-7-4-16(12-24)13-25-19)18-8-10-27(11-9-18)14-15-2-5-17(6-3-15)20(21,22)23/h2-7,13,18H,8-11,14H2,1H3. The zero-order valence-electron chi connectivity index (χ0n) is 15.1. The number of likely N-dealkylation sites (tertiary alicyclic amines) is 1. The van der Waals surface area contributed by atoms with Crippen LogP contribution in [0.3, 0.4) is 0 Å². The van der Waals surface area contributed by atoms with Gasteiger partial charge in [0.1, 0.15) is 11.9 Å².